The van der Waals surface area contributed by atoms with Gasteiger partial charge in [-0.1, -0.05) is 11.6 Å². The summed E-state index contributed by atoms with van der Waals surface area (Å²) in [6.45, 7) is -0.186. The summed E-state index contributed by atoms with van der Waals surface area (Å²) in [4.78, 5) is 11.7. The van der Waals surface area contributed by atoms with Crippen LogP contribution in [0.15, 0.2) is 12.1 Å². The van der Waals surface area contributed by atoms with Crippen molar-refractivity contribution in [1.82, 2.24) is 0 Å². The number of halogens is 4. The third kappa shape index (κ3) is 3.01. The number of methoxy groups -OCH3 is 1. The molecule has 0 fully saturated rings. The zero-order chi connectivity index (χ0) is 15.8. The Kier molecular flexibility index (Phi) is 3.94. The van der Waals surface area contributed by atoms with Gasteiger partial charge in [0, 0.05) is 23.1 Å². The standard InChI is InChI=1S/C12H10ClF3O5/c1-19-10(17)11(18)2-3-20-9-7(11)4-6(13)5-8(9)21-12(14,15)16/h4-5,18H,2-3H2,1H3. The number of alkyl halides is 3. The number of aliphatic hydroxyl groups is 1. The van der Waals surface area contributed by atoms with E-state index in [1.54, 1.807) is 0 Å². The van der Waals surface area contributed by atoms with E-state index < -0.39 is 29.4 Å². The Morgan fingerprint density at radius 2 is 2.14 bits per heavy atom. The van der Waals surface area contributed by atoms with Gasteiger partial charge in [0.25, 0.3) is 0 Å². The summed E-state index contributed by atoms with van der Waals surface area (Å²) in [6, 6.07) is 2.02. The molecule has 1 aliphatic rings. The van der Waals surface area contributed by atoms with Crippen molar-refractivity contribution >= 4 is 17.6 Å². The molecule has 0 aliphatic carbocycles. The highest BCUT2D eigenvalue weighted by molar-refractivity contribution is 6.31. The zero-order valence-corrected chi connectivity index (χ0v) is 11.4. The largest absolute Gasteiger partial charge is 0.573 e. The van der Waals surface area contributed by atoms with Crippen LogP contribution in [0.5, 0.6) is 11.5 Å². The van der Waals surface area contributed by atoms with Crippen molar-refractivity contribution in [3.05, 3.63) is 22.7 Å². The van der Waals surface area contributed by atoms with E-state index in [2.05, 4.69) is 9.47 Å². The van der Waals surface area contributed by atoms with Crippen LogP contribution < -0.4 is 9.47 Å². The number of esters is 1. The predicted octanol–water partition coefficient (Wildman–Crippen LogP) is 2.38. The van der Waals surface area contributed by atoms with Crippen LogP contribution in [0.2, 0.25) is 5.02 Å². The summed E-state index contributed by atoms with van der Waals surface area (Å²) in [7, 11) is 1.05. The van der Waals surface area contributed by atoms with Gasteiger partial charge in [-0.05, 0) is 6.07 Å². The second-order valence-corrected chi connectivity index (χ2v) is 4.72. The maximum atomic E-state index is 12.4. The lowest BCUT2D eigenvalue weighted by molar-refractivity contribution is -0.275. The third-order valence-corrected chi connectivity index (χ3v) is 3.14. The van der Waals surface area contributed by atoms with Gasteiger partial charge >= 0.3 is 12.3 Å². The molecule has 1 aromatic rings. The van der Waals surface area contributed by atoms with Crippen molar-refractivity contribution < 1.29 is 37.3 Å². The summed E-state index contributed by atoms with van der Waals surface area (Å²) in [5, 5.41) is 10.2. The maximum Gasteiger partial charge on any atom is 0.573 e. The van der Waals surface area contributed by atoms with E-state index in [0.29, 0.717) is 0 Å². The molecule has 2 rings (SSSR count). The predicted molar refractivity (Wildman–Crippen MR) is 64.2 cm³/mol. The molecule has 1 heterocycles. The number of fused-ring (bicyclic) bond motifs is 1. The van der Waals surface area contributed by atoms with Crippen LogP contribution in [0.3, 0.4) is 0 Å². The van der Waals surface area contributed by atoms with Crippen molar-refractivity contribution in [1.29, 1.82) is 0 Å². The van der Waals surface area contributed by atoms with Crippen LogP contribution >= 0.6 is 11.6 Å². The number of hydrogen-bond donors (Lipinski definition) is 1. The molecule has 0 saturated carbocycles. The SMILES string of the molecule is COC(=O)C1(O)CCOc2c(OC(F)(F)F)cc(Cl)cc21. The van der Waals surface area contributed by atoms with Crippen molar-refractivity contribution in [2.75, 3.05) is 13.7 Å². The Morgan fingerprint density at radius 3 is 2.71 bits per heavy atom. The van der Waals surface area contributed by atoms with Gasteiger partial charge in [0.2, 0.25) is 0 Å². The molecule has 0 bridgehead atoms. The van der Waals surface area contributed by atoms with E-state index in [-0.39, 0.29) is 23.6 Å². The smallest absolute Gasteiger partial charge is 0.489 e. The zero-order valence-electron chi connectivity index (χ0n) is 10.7. The molecule has 1 aromatic carbocycles. The van der Waals surface area contributed by atoms with Gasteiger partial charge in [-0.2, -0.15) is 0 Å². The summed E-state index contributed by atoms with van der Waals surface area (Å²) in [5.41, 5.74) is -2.37. The van der Waals surface area contributed by atoms with Crippen LogP contribution in [0.25, 0.3) is 0 Å². The average Bonchev–Trinajstić information content (AvgIpc) is 2.37. The van der Waals surface area contributed by atoms with Gasteiger partial charge in [-0.3, -0.25) is 0 Å². The molecule has 1 N–H and O–H groups in total. The molecule has 5 nitrogen and oxygen atoms in total. The summed E-state index contributed by atoms with van der Waals surface area (Å²) in [5.74, 6) is -2.14. The molecule has 1 atom stereocenters. The molecule has 0 amide bonds. The highest BCUT2D eigenvalue weighted by atomic mass is 35.5. The van der Waals surface area contributed by atoms with Crippen LogP contribution in [-0.2, 0) is 15.1 Å². The second kappa shape index (κ2) is 5.27. The maximum absolute atomic E-state index is 12.4. The Bertz CT molecular complexity index is 575. The van der Waals surface area contributed by atoms with E-state index in [1.807, 2.05) is 0 Å². The molecule has 116 valence electrons. The first-order valence-corrected chi connectivity index (χ1v) is 6.08. The second-order valence-electron chi connectivity index (χ2n) is 4.28. The van der Waals surface area contributed by atoms with Crippen molar-refractivity contribution in [2.24, 2.45) is 0 Å². The molecular formula is C12H10ClF3O5. The summed E-state index contributed by atoms with van der Waals surface area (Å²) >= 11 is 5.72. The van der Waals surface area contributed by atoms with E-state index in [4.69, 9.17) is 16.3 Å². The van der Waals surface area contributed by atoms with Crippen LogP contribution in [0.1, 0.15) is 12.0 Å². The van der Waals surface area contributed by atoms with E-state index >= 15 is 0 Å². The quantitative estimate of drug-likeness (QED) is 0.845. The van der Waals surface area contributed by atoms with Crippen molar-refractivity contribution in [3.63, 3.8) is 0 Å². The first-order valence-electron chi connectivity index (χ1n) is 5.71. The number of hydrogen-bond acceptors (Lipinski definition) is 5. The molecule has 0 radical (unpaired) electrons. The lowest BCUT2D eigenvalue weighted by Crippen LogP contribution is -2.41. The lowest BCUT2D eigenvalue weighted by atomic mass is 9.88. The topological polar surface area (TPSA) is 65.0 Å². The Labute approximate surface area is 122 Å². The fourth-order valence-electron chi connectivity index (χ4n) is 2.04. The highest BCUT2D eigenvalue weighted by Crippen LogP contribution is 2.46. The molecular weight excluding hydrogens is 317 g/mol. The fourth-order valence-corrected chi connectivity index (χ4v) is 2.25. The summed E-state index contributed by atoms with van der Waals surface area (Å²) < 4.78 is 50.5. The minimum Gasteiger partial charge on any atom is -0.489 e. The monoisotopic (exact) mass is 326 g/mol. The van der Waals surface area contributed by atoms with Gasteiger partial charge in [0.15, 0.2) is 17.1 Å². The number of benzene rings is 1. The summed E-state index contributed by atoms with van der Waals surface area (Å²) in [6.07, 6.45) is -5.15. The van der Waals surface area contributed by atoms with Gasteiger partial charge in [0.1, 0.15) is 0 Å². The molecule has 9 heteroatoms. The molecule has 0 spiro atoms. The molecule has 0 aromatic heterocycles. The minimum atomic E-state index is -4.97. The Hall–Kier alpha value is -1.67. The fraction of sp³-hybridized carbons (Fsp3) is 0.417. The Morgan fingerprint density at radius 1 is 1.48 bits per heavy atom. The first kappa shape index (κ1) is 15.7. The first-order chi connectivity index (χ1) is 9.67. The number of rotatable bonds is 2. The normalized spacial score (nSPS) is 21.2. The van der Waals surface area contributed by atoms with Crippen LogP contribution in [0.4, 0.5) is 13.2 Å². The van der Waals surface area contributed by atoms with Gasteiger partial charge < -0.3 is 19.3 Å². The average molecular weight is 327 g/mol. The number of carbonyl (C=O) groups is 1. The van der Waals surface area contributed by atoms with Crippen molar-refractivity contribution in [3.8, 4) is 11.5 Å². The number of ether oxygens (including phenoxy) is 3. The molecule has 1 aliphatic heterocycles. The number of carbonyl (C=O) groups excluding carboxylic acids is 1. The van der Waals surface area contributed by atoms with E-state index in [0.717, 1.165) is 19.2 Å². The van der Waals surface area contributed by atoms with E-state index in [9.17, 15) is 23.1 Å². The highest BCUT2D eigenvalue weighted by Gasteiger charge is 2.46. The van der Waals surface area contributed by atoms with Crippen LogP contribution in [-0.4, -0.2) is 31.2 Å². The van der Waals surface area contributed by atoms with Crippen molar-refractivity contribution in [2.45, 2.75) is 18.4 Å². The van der Waals surface area contributed by atoms with E-state index in [1.165, 1.54) is 0 Å². The minimum absolute atomic E-state index is 0.152. The molecule has 0 saturated heterocycles. The lowest BCUT2D eigenvalue weighted by Gasteiger charge is -2.32. The third-order valence-electron chi connectivity index (χ3n) is 2.92. The van der Waals surface area contributed by atoms with Gasteiger partial charge in [-0.15, -0.1) is 13.2 Å². The van der Waals surface area contributed by atoms with Crippen LogP contribution in [0, 0.1) is 0 Å². The Balaban J connectivity index is 2.58. The van der Waals surface area contributed by atoms with Gasteiger partial charge in [0.05, 0.1) is 13.7 Å². The molecule has 21 heavy (non-hydrogen) atoms. The van der Waals surface area contributed by atoms with Gasteiger partial charge in [-0.25, -0.2) is 4.79 Å². The molecule has 1 unspecified atom stereocenters.